The smallest absolute Gasteiger partial charge is 0.221 e. The van der Waals surface area contributed by atoms with Gasteiger partial charge in [-0.25, -0.2) is 0 Å². The van der Waals surface area contributed by atoms with Crippen LogP contribution in [0.1, 0.15) is 54.0 Å². The van der Waals surface area contributed by atoms with Gasteiger partial charge >= 0.3 is 0 Å². The number of nitrogens with zero attached hydrogens (tertiary/aromatic N) is 2. The van der Waals surface area contributed by atoms with Gasteiger partial charge in [-0.1, -0.05) is 18.2 Å². The first-order chi connectivity index (χ1) is 11.4. The zero-order valence-electron chi connectivity index (χ0n) is 16.2. The summed E-state index contributed by atoms with van der Waals surface area (Å²) in [6.07, 6.45) is 2.00. The Hall–Kier alpha value is -2.43. The molecule has 0 saturated heterocycles. The van der Waals surface area contributed by atoms with Crippen LogP contribution in [-0.4, -0.2) is 28.5 Å². The maximum atomic E-state index is 11.5. The topological polar surface area (TPSA) is 65.8 Å². The van der Waals surface area contributed by atoms with E-state index in [-0.39, 0.29) is 17.0 Å². The van der Waals surface area contributed by atoms with Crippen LogP contribution >= 0.6 is 0 Å². The van der Waals surface area contributed by atoms with Crippen LogP contribution in [0.25, 0.3) is 5.70 Å². The summed E-state index contributed by atoms with van der Waals surface area (Å²) < 4.78 is 0. The van der Waals surface area contributed by atoms with E-state index in [1.165, 1.54) is 6.92 Å². The van der Waals surface area contributed by atoms with Gasteiger partial charge < -0.3 is 10.6 Å². The number of rotatable bonds is 2. The number of carbonyl (C=O) groups is 1. The summed E-state index contributed by atoms with van der Waals surface area (Å²) in [4.78, 5) is 21.1. The van der Waals surface area contributed by atoms with Crippen molar-refractivity contribution < 1.29 is 4.79 Å². The summed E-state index contributed by atoms with van der Waals surface area (Å²) in [5.41, 5.74) is 2.96. The van der Waals surface area contributed by atoms with Crippen molar-refractivity contribution in [1.82, 2.24) is 5.32 Å². The lowest BCUT2D eigenvalue weighted by molar-refractivity contribution is -0.114. The fourth-order valence-electron chi connectivity index (χ4n) is 2.46. The van der Waals surface area contributed by atoms with Gasteiger partial charge in [0.25, 0.3) is 0 Å². The van der Waals surface area contributed by atoms with Crippen molar-refractivity contribution in [1.29, 1.82) is 0 Å². The van der Waals surface area contributed by atoms with Gasteiger partial charge in [-0.3, -0.25) is 14.8 Å². The van der Waals surface area contributed by atoms with E-state index in [1.54, 1.807) is 0 Å². The molecule has 5 nitrogen and oxygen atoms in total. The first-order valence-corrected chi connectivity index (χ1v) is 8.50. The largest absolute Gasteiger partial charge is 0.338 e. The minimum Gasteiger partial charge on any atom is -0.338 e. The third kappa shape index (κ3) is 5.55. The molecule has 1 aliphatic heterocycles. The van der Waals surface area contributed by atoms with Crippen molar-refractivity contribution in [3.63, 3.8) is 0 Å². The van der Waals surface area contributed by atoms with E-state index in [2.05, 4.69) is 52.2 Å². The van der Waals surface area contributed by atoms with Gasteiger partial charge in [0.05, 0.1) is 22.5 Å². The number of para-hydroxylation sites is 1. The number of anilines is 1. The van der Waals surface area contributed by atoms with E-state index in [4.69, 9.17) is 9.98 Å². The van der Waals surface area contributed by atoms with E-state index in [0.29, 0.717) is 0 Å². The lowest BCUT2D eigenvalue weighted by Crippen LogP contribution is -2.28. The number of aliphatic imine (C=N–C) groups is 2. The highest BCUT2D eigenvalue weighted by Gasteiger charge is 2.24. The summed E-state index contributed by atoms with van der Waals surface area (Å²) in [5, 5.41) is 6.26. The fourth-order valence-corrected chi connectivity index (χ4v) is 2.46. The fraction of sp³-hybridized carbons (Fsp3) is 0.450. The summed E-state index contributed by atoms with van der Waals surface area (Å²) in [6, 6.07) is 7.71. The Morgan fingerprint density at radius 3 is 2.16 bits per heavy atom. The molecular weight excluding hydrogens is 312 g/mol. The third-order valence-electron chi connectivity index (χ3n) is 3.21. The van der Waals surface area contributed by atoms with Gasteiger partial charge in [0, 0.05) is 12.5 Å². The molecule has 1 aromatic carbocycles. The Kier molecular flexibility index (Phi) is 5.16. The Morgan fingerprint density at radius 1 is 1.00 bits per heavy atom. The molecule has 0 radical (unpaired) electrons. The zero-order chi connectivity index (χ0) is 18.8. The van der Waals surface area contributed by atoms with Crippen LogP contribution in [0.4, 0.5) is 5.69 Å². The Morgan fingerprint density at radius 2 is 1.60 bits per heavy atom. The van der Waals surface area contributed by atoms with Crippen LogP contribution in [0, 0.1) is 0 Å². The molecular formula is C20H28N4O. The first-order valence-electron chi connectivity index (χ1n) is 8.50. The second-order valence-corrected chi connectivity index (χ2v) is 8.21. The third-order valence-corrected chi connectivity index (χ3v) is 3.21. The van der Waals surface area contributed by atoms with E-state index >= 15 is 0 Å². The average Bonchev–Trinajstić information content (AvgIpc) is 2.77. The predicted octanol–water partition coefficient (Wildman–Crippen LogP) is 4.03. The highest BCUT2D eigenvalue weighted by molar-refractivity contribution is 6.51. The Bertz CT molecular complexity index is 759. The van der Waals surface area contributed by atoms with Gasteiger partial charge in [-0.05, 0) is 53.7 Å². The van der Waals surface area contributed by atoms with Crippen LogP contribution in [0.2, 0.25) is 0 Å². The van der Waals surface area contributed by atoms with Crippen molar-refractivity contribution >= 4 is 28.8 Å². The average molecular weight is 340 g/mol. The molecule has 5 heteroatoms. The molecule has 0 aromatic heterocycles. The minimum absolute atomic E-state index is 0.0989. The van der Waals surface area contributed by atoms with E-state index in [0.717, 1.165) is 28.5 Å². The van der Waals surface area contributed by atoms with Gasteiger partial charge in [0.15, 0.2) is 5.84 Å². The van der Waals surface area contributed by atoms with E-state index in [1.807, 2.05) is 30.3 Å². The standard InChI is InChI=1S/C20H28N4O/c1-13(25)21-15-11-9-8-10-14(15)16-12-17(23-19(2,3)4)18(22-16)24-20(5,6)7/h8-12H,1-7H3,(H,21,25)(H,22,23,24). The summed E-state index contributed by atoms with van der Waals surface area (Å²) >= 11 is 0. The molecule has 0 atom stereocenters. The molecule has 2 N–H and O–H groups in total. The number of carbonyl (C=O) groups excluding carboxylic acids is 1. The van der Waals surface area contributed by atoms with Gasteiger partial charge in [0.1, 0.15) is 5.71 Å². The summed E-state index contributed by atoms with van der Waals surface area (Å²) in [7, 11) is 0. The SMILES string of the molecule is CC(=O)Nc1ccccc1C1=CC(=NC(C)(C)C)C(=NC(C)(C)C)N1. The van der Waals surface area contributed by atoms with Crippen LogP contribution in [0.5, 0.6) is 0 Å². The molecule has 0 saturated carbocycles. The number of amidine groups is 1. The lowest BCUT2D eigenvalue weighted by atomic mass is 10.1. The monoisotopic (exact) mass is 340 g/mol. The molecule has 134 valence electrons. The number of hydrogen-bond acceptors (Lipinski definition) is 3. The molecule has 1 aliphatic rings. The number of benzene rings is 1. The highest BCUT2D eigenvalue weighted by Crippen LogP contribution is 2.26. The molecule has 1 aromatic rings. The van der Waals surface area contributed by atoms with Crippen LogP contribution < -0.4 is 10.6 Å². The number of hydrogen-bond donors (Lipinski definition) is 2. The normalized spacial score (nSPS) is 18.3. The first kappa shape index (κ1) is 18.9. The van der Waals surface area contributed by atoms with Gasteiger partial charge in [-0.15, -0.1) is 0 Å². The molecule has 0 bridgehead atoms. The quantitative estimate of drug-likeness (QED) is 0.854. The zero-order valence-corrected chi connectivity index (χ0v) is 16.2. The Labute approximate surface area is 150 Å². The second-order valence-electron chi connectivity index (χ2n) is 8.21. The maximum Gasteiger partial charge on any atom is 0.221 e. The highest BCUT2D eigenvalue weighted by atomic mass is 16.1. The van der Waals surface area contributed by atoms with Crippen molar-refractivity contribution in [2.45, 2.75) is 59.5 Å². The molecule has 2 rings (SSSR count). The van der Waals surface area contributed by atoms with Crippen molar-refractivity contribution in [2.24, 2.45) is 9.98 Å². The molecule has 0 spiro atoms. The van der Waals surface area contributed by atoms with E-state index in [9.17, 15) is 4.79 Å². The van der Waals surface area contributed by atoms with Crippen LogP contribution in [-0.2, 0) is 4.79 Å². The van der Waals surface area contributed by atoms with E-state index < -0.39 is 0 Å². The predicted molar refractivity (Wildman–Crippen MR) is 106 cm³/mol. The van der Waals surface area contributed by atoms with Gasteiger partial charge in [-0.2, -0.15) is 0 Å². The van der Waals surface area contributed by atoms with Gasteiger partial charge in [0.2, 0.25) is 5.91 Å². The molecule has 0 unspecified atom stereocenters. The molecule has 1 heterocycles. The van der Waals surface area contributed by atoms with Crippen molar-refractivity contribution in [2.75, 3.05) is 5.32 Å². The van der Waals surface area contributed by atoms with Crippen molar-refractivity contribution in [3.8, 4) is 0 Å². The molecule has 0 aliphatic carbocycles. The second kappa shape index (κ2) is 6.82. The molecule has 1 amide bonds. The van der Waals surface area contributed by atoms with Crippen molar-refractivity contribution in [3.05, 3.63) is 35.9 Å². The number of amides is 1. The summed E-state index contributed by atoms with van der Waals surface area (Å²) in [6.45, 7) is 13.9. The minimum atomic E-state index is -0.221. The summed E-state index contributed by atoms with van der Waals surface area (Å²) in [5.74, 6) is 0.660. The lowest BCUT2D eigenvalue weighted by Gasteiger charge is -2.17. The van der Waals surface area contributed by atoms with Crippen LogP contribution in [0.15, 0.2) is 40.3 Å². The Balaban J connectivity index is 2.51. The molecule has 0 fully saturated rings. The number of nitrogens with one attached hydrogen (secondary N) is 2. The van der Waals surface area contributed by atoms with Crippen LogP contribution in [0.3, 0.4) is 0 Å². The maximum absolute atomic E-state index is 11.5. The molecule has 25 heavy (non-hydrogen) atoms.